The van der Waals surface area contributed by atoms with Crippen LogP contribution in [0.15, 0.2) is 54.7 Å². The Morgan fingerprint density at radius 1 is 1.17 bits per heavy atom. The largest absolute Gasteiger partial charge is 0.497 e. The summed E-state index contributed by atoms with van der Waals surface area (Å²) >= 11 is -1.96. The van der Waals surface area contributed by atoms with Crippen molar-refractivity contribution >= 4 is 22.2 Å². The van der Waals surface area contributed by atoms with Crippen molar-refractivity contribution in [3.8, 4) is 16.9 Å². The van der Waals surface area contributed by atoms with Gasteiger partial charge in [0.05, 0.1) is 12.6 Å². The van der Waals surface area contributed by atoms with Gasteiger partial charge in [-0.1, -0.05) is 24.3 Å². The zero-order valence-corrected chi connectivity index (χ0v) is 14.0. The van der Waals surface area contributed by atoms with Gasteiger partial charge in [-0.05, 0) is 41.3 Å². The number of rotatable bonds is 6. The standard InChI is InChI=1S/C18H18N2O3S/c1-23-15-6-7-17-16(9-10-19-18(17)12-15)14-4-2-13(3-5-14)8-11-20-24(21)22/h2-7,9-10,12,20H,8,11H2,1H3,(H,21,22). The molecule has 124 valence electrons. The molecule has 0 aliphatic heterocycles. The summed E-state index contributed by atoms with van der Waals surface area (Å²) in [5.41, 5.74) is 4.22. The molecule has 0 spiro atoms. The molecule has 0 saturated heterocycles. The van der Waals surface area contributed by atoms with Crippen LogP contribution in [-0.2, 0) is 17.7 Å². The molecule has 2 aromatic carbocycles. The lowest BCUT2D eigenvalue weighted by atomic mass is 9.99. The van der Waals surface area contributed by atoms with E-state index in [2.05, 4.69) is 21.8 Å². The SMILES string of the molecule is COc1ccc2c(-c3ccc(CCNS(=O)O)cc3)ccnc2c1. The second-order valence-corrected chi connectivity index (χ2v) is 6.12. The molecule has 0 aliphatic rings. The van der Waals surface area contributed by atoms with E-state index in [1.807, 2.05) is 36.4 Å². The van der Waals surface area contributed by atoms with Gasteiger partial charge in [0.2, 0.25) is 11.3 Å². The van der Waals surface area contributed by atoms with Crippen LogP contribution in [0.1, 0.15) is 5.56 Å². The van der Waals surface area contributed by atoms with E-state index >= 15 is 0 Å². The first-order valence-corrected chi connectivity index (χ1v) is 8.64. The van der Waals surface area contributed by atoms with Crippen LogP contribution in [0.25, 0.3) is 22.0 Å². The van der Waals surface area contributed by atoms with Crippen molar-refractivity contribution in [1.29, 1.82) is 0 Å². The van der Waals surface area contributed by atoms with Gasteiger partial charge in [0.25, 0.3) is 0 Å². The Morgan fingerprint density at radius 2 is 1.96 bits per heavy atom. The number of pyridine rings is 1. The Hall–Kier alpha value is -2.28. The summed E-state index contributed by atoms with van der Waals surface area (Å²) in [6.07, 6.45) is 2.49. The molecule has 1 aromatic heterocycles. The summed E-state index contributed by atoms with van der Waals surface area (Å²) in [4.78, 5) is 4.41. The number of nitrogens with one attached hydrogen (secondary N) is 1. The quantitative estimate of drug-likeness (QED) is 0.675. The first-order chi connectivity index (χ1) is 11.7. The number of aromatic nitrogens is 1. The van der Waals surface area contributed by atoms with Gasteiger partial charge in [-0.3, -0.25) is 9.54 Å². The van der Waals surface area contributed by atoms with E-state index in [0.29, 0.717) is 13.0 Å². The molecule has 6 heteroatoms. The Labute approximate surface area is 143 Å². The molecule has 24 heavy (non-hydrogen) atoms. The molecule has 3 rings (SSSR count). The van der Waals surface area contributed by atoms with E-state index in [-0.39, 0.29) is 0 Å². The molecule has 1 atom stereocenters. The van der Waals surface area contributed by atoms with E-state index in [9.17, 15) is 4.21 Å². The van der Waals surface area contributed by atoms with E-state index in [4.69, 9.17) is 9.29 Å². The number of hydrogen-bond acceptors (Lipinski definition) is 3. The minimum Gasteiger partial charge on any atom is -0.497 e. The fraction of sp³-hybridized carbons (Fsp3) is 0.167. The lowest BCUT2D eigenvalue weighted by Crippen LogP contribution is -2.18. The van der Waals surface area contributed by atoms with Crippen molar-refractivity contribution in [2.45, 2.75) is 6.42 Å². The maximum absolute atomic E-state index is 10.6. The average molecular weight is 342 g/mol. The van der Waals surface area contributed by atoms with E-state index in [0.717, 1.165) is 33.3 Å². The summed E-state index contributed by atoms with van der Waals surface area (Å²) in [7, 11) is 1.64. The molecule has 5 nitrogen and oxygen atoms in total. The highest BCUT2D eigenvalue weighted by Gasteiger charge is 2.06. The zero-order chi connectivity index (χ0) is 16.9. The van der Waals surface area contributed by atoms with Gasteiger partial charge in [0, 0.05) is 24.2 Å². The molecule has 0 aliphatic carbocycles. The van der Waals surface area contributed by atoms with Gasteiger partial charge in [-0.25, -0.2) is 8.93 Å². The van der Waals surface area contributed by atoms with Crippen LogP contribution >= 0.6 is 0 Å². The predicted molar refractivity (Wildman–Crippen MR) is 96.2 cm³/mol. The summed E-state index contributed by atoms with van der Waals surface area (Å²) in [5, 5.41) is 1.07. The van der Waals surface area contributed by atoms with Crippen LogP contribution in [0.3, 0.4) is 0 Å². The molecule has 3 aromatic rings. The predicted octanol–water partition coefficient (Wildman–Crippen LogP) is 3.18. The van der Waals surface area contributed by atoms with Gasteiger partial charge in [0.15, 0.2) is 0 Å². The Balaban J connectivity index is 1.86. The van der Waals surface area contributed by atoms with Crippen molar-refractivity contribution in [3.63, 3.8) is 0 Å². The van der Waals surface area contributed by atoms with Crippen LogP contribution in [0.5, 0.6) is 5.75 Å². The number of benzene rings is 2. The van der Waals surface area contributed by atoms with Crippen LogP contribution < -0.4 is 9.46 Å². The minimum absolute atomic E-state index is 0.459. The number of hydrogen-bond donors (Lipinski definition) is 2. The van der Waals surface area contributed by atoms with Crippen LogP contribution in [-0.4, -0.2) is 27.4 Å². The number of ether oxygens (including phenoxy) is 1. The topological polar surface area (TPSA) is 71.5 Å². The van der Waals surface area contributed by atoms with Crippen molar-refractivity contribution < 1.29 is 13.5 Å². The summed E-state index contributed by atoms with van der Waals surface area (Å²) in [6, 6.07) is 16.1. The summed E-state index contributed by atoms with van der Waals surface area (Å²) < 4.78 is 27.0. The Morgan fingerprint density at radius 3 is 2.67 bits per heavy atom. The van der Waals surface area contributed by atoms with Crippen molar-refractivity contribution in [2.24, 2.45) is 0 Å². The second kappa shape index (κ2) is 7.53. The van der Waals surface area contributed by atoms with E-state index in [1.165, 1.54) is 0 Å². The molecule has 0 radical (unpaired) electrons. The molecule has 1 heterocycles. The van der Waals surface area contributed by atoms with Gasteiger partial charge >= 0.3 is 0 Å². The molecule has 0 fully saturated rings. The van der Waals surface area contributed by atoms with E-state index in [1.54, 1.807) is 13.3 Å². The molecule has 0 amide bonds. The first-order valence-electron chi connectivity index (χ1n) is 7.54. The fourth-order valence-corrected chi connectivity index (χ4v) is 2.92. The molecular formula is C18H18N2O3S. The van der Waals surface area contributed by atoms with Crippen LogP contribution in [0.4, 0.5) is 0 Å². The monoisotopic (exact) mass is 342 g/mol. The number of fused-ring (bicyclic) bond motifs is 1. The van der Waals surface area contributed by atoms with Crippen LogP contribution in [0, 0.1) is 0 Å². The smallest absolute Gasteiger partial charge is 0.231 e. The fourth-order valence-electron chi connectivity index (χ4n) is 2.64. The van der Waals surface area contributed by atoms with Gasteiger partial charge in [-0.2, -0.15) is 0 Å². The Kier molecular flexibility index (Phi) is 5.20. The van der Waals surface area contributed by atoms with Gasteiger partial charge in [0.1, 0.15) is 5.75 Å². The number of methoxy groups -OCH3 is 1. The highest BCUT2D eigenvalue weighted by molar-refractivity contribution is 7.77. The van der Waals surface area contributed by atoms with Crippen molar-refractivity contribution in [1.82, 2.24) is 9.71 Å². The van der Waals surface area contributed by atoms with Crippen LogP contribution in [0.2, 0.25) is 0 Å². The average Bonchev–Trinajstić information content (AvgIpc) is 2.61. The zero-order valence-electron chi connectivity index (χ0n) is 13.2. The third kappa shape index (κ3) is 3.79. The van der Waals surface area contributed by atoms with Crippen molar-refractivity contribution in [2.75, 3.05) is 13.7 Å². The normalized spacial score (nSPS) is 12.2. The van der Waals surface area contributed by atoms with Gasteiger partial charge < -0.3 is 4.74 Å². The number of nitrogens with zero attached hydrogens (tertiary/aromatic N) is 1. The molecular weight excluding hydrogens is 324 g/mol. The minimum atomic E-state index is -1.96. The summed E-state index contributed by atoms with van der Waals surface area (Å²) in [6.45, 7) is 0.459. The maximum atomic E-state index is 10.6. The lowest BCUT2D eigenvalue weighted by Gasteiger charge is -2.09. The maximum Gasteiger partial charge on any atom is 0.231 e. The van der Waals surface area contributed by atoms with E-state index < -0.39 is 11.3 Å². The highest BCUT2D eigenvalue weighted by atomic mass is 32.2. The third-order valence-electron chi connectivity index (χ3n) is 3.85. The lowest BCUT2D eigenvalue weighted by molar-refractivity contribution is 0.415. The Bertz CT molecular complexity index is 866. The first kappa shape index (κ1) is 16.6. The second-order valence-electron chi connectivity index (χ2n) is 5.33. The van der Waals surface area contributed by atoms with Gasteiger partial charge in [-0.15, -0.1) is 0 Å². The molecule has 2 N–H and O–H groups in total. The van der Waals surface area contributed by atoms with Crippen molar-refractivity contribution in [3.05, 3.63) is 60.3 Å². The molecule has 0 saturated carbocycles. The molecule has 1 unspecified atom stereocenters. The molecule has 0 bridgehead atoms. The third-order valence-corrected chi connectivity index (χ3v) is 4.31. The summed E-state index contributed by atoms with van der Waals surface area (Å²) in [5.74, 6) is 0.788. The highest BCUT2D eigenvalue weighted by Crippen LogP contribution is 2.29.